The number of hydrogen-bond acceptors (Lipinski definition) is 8. The van der Waals surface area contributed by atoms with E-state index >= 15 is 24.4 Å². The first-order valence-electron chi connectivity index (χ1n) is 24.3. The smallest absolute Gasteiger partial charge is 0.250 e. The van der Waals surface area contributed by atoms with Crippen molar-refractivity contribution in [1.29, 1.82) is 0 Å². The van der Waals surface area contributed by atoms with E-state index in [-0.39, 0.29) is 29.9 Å². The van der Waals surface area contributed by atoms with E-state index in [1.807, 2.05) is 91.0 Å². The molecule has 5 spiro atoms. The number of aromatic nitrogens is 1. The van der Waals surface area contributed by atoms with Crippen molar-refractivity contribution in [3.8, 4) is 11.5 Å². The fourth-order valence-electron chi connectivity index (χ4n) is 18.5. The maximum Gasteiger partial charge on any atom is 0.250 e. The second kappa shape index (κ2) is 10.4. The van der Waals surface area contributed by atoms with E-state index in [1.165, 1.54) is 4.73 Å². The summed E-state index contributed by atoms with van der Waals surface area (Å²) in [4.78, 5) is 70.8. The van der Waals surface area contributed by atoms with Crippen LogP contribution in [0.15, 0.2) is 36.4 Å². The highest BCUT2D eigenvalue weighted by Gasteiger charge is 2.95. The number of carbonyl (C=O) groups excluding carboxylic acids is 4. The van der Waals surface area contributed by atoms with Crippen molar-refractivity contribution < 1.29 is 38.6 Å². The SMILES string of the molecule is CC1(C)C=Cc2c(ccc3c2[N+]([O-])=C2C(C)(C)C4CC56CCCN5C(=O)C4(CC6=O)C4N5C(=O)C67CCCN6C(=O)[C@]56C(C7)C(C)(C)c5c(c7ccc8c(c7n5O)C=CC(C)(C)O8)[C@H]6C234)O1. The topological polar surface area (TPSA) is 148 Å². The predicted octanol–water partition coefficient (Wildman–Crippen LogP) is 6.88. The van der Waals surface area contributed by atoms with Crippen molar-refractivity contribution in [3.63, 3.8) is 0 Å². The molecule has 0 radical (unpaired) electrons. The molecule has 340 valence electrons. The molecule has 8 saturated heterocycles. The highest BCUT2D eigenvalue weighted by molar-refractivity contribution is 6.17. The molecule has 3 amide bonds. The van der Waals surface area contributed by atoms with Gasteiger partial charge in [-0.1, -0.05) is 13.8 Å². The molecule has 13 nitrogen and oxygen atoms in total. The van der Waals surface area contributed by atoms with Gasteiger partial charge in [-0.3, -0.25) is 19.2 Å². The minimum atomic E-state index is -1.61. The number of benzene rings is 2. The third-order valence-electron chi connectivity index (χ3n) is 20.4. The van der Waals surface area contributed by atoms with Crippen molar-refractivity contribution in [2.45, 2.75) is 151 Å². The van der Waals surface area contributed by atoms with Crippen LogP contribution in [0.2, 0.25) is 0 Å². The van der Waals surface area contributed by atoms with Crippen molar-refractivity contribution in [3.05, 3.63) is 69.6 Å². The van der Waals surface area contributed by atoms with Crippen molar-refractivity contribution in [2.24, 2.45) is 22.7 Å². The van der Waals surface area contributed by atoms with Gasteiger partial charge in [0.2, 0.25) is 23.4 Å². The number of ketones is 1. The molecule has 4 bridgehead atoms. The molecule has 1 N–H and O–H groups in total. The van der Waals surface area contributed by atoms with Crippen LogP contribution in [0.3, 0.4) is 0 Å². The van der Waals surface area contributed by atoms with Crippen molar-refractivity contribution >= 4 is 58.0 Å². The Labute approximate surface area is 382 Å². The number of Topliss-reactive ketones (excluding diaryl/α,β-unsaturated/α-hetero) is 1. The highest BCUT2D eigenvalue weighted by Crippen LogP contribution is 2.83. The van der Waals surface area contributed by atoms with Gasteiger partial charge in [0.25, 0.3) is 0 Å². The molecule has 7 unspecified atom stereocenters. The summed E-state index contributed by atoms with van der Waals surface area (Å²) in [5.41, 5.74) is -5.28. The van der Waals surface area contributed by atoms with E-state index in [2.05, 4.69) is 27.7 Å². The molecule has 1 aromatic heterocycles. The largest absolute Gasteiger partial charge is 0.618 e. The summed E-state index contributed by atoms with van der Waals surface area (Å²) < 4.78 is 15.6. The molecule has 2 aromatic carbocycles. The summed E-state index contributed by atoms with van der Waals surface area (Å²) in [6, 6.07) is 6.73. The summed E-state index contributed by atoms with van der Waals surface area (Å²) in [5.74, 6) is -1.29. The van der Waals surface area contributed by atoms with Gasteiger partial charge in [0.1, 0.15) is 44.7 Å². The number of fused-ring (bicyclic) bond motifs is 10. The van der Waals surface area contributed by atoms with Crippen LogP contribution in [-0.2, 0) is 30.0 Å². The summed E-state index contributed by atoms with van der Waals surface area (Å²) in [7, 11) is 0. The van der Waals surface area contributed by atoms with E-state index in [0.29, 0.717) is 113 Å². The van der Waals surface area contributed by atoms with Gasteiger partial charge in [0.05, 0.1) is 33.6 Å². The lowest BCUT2D eigenvalue weighted by Crippen LogP contribution is -2.87. The van der Waals surface area contributed by atoms with Crippen LogP contribution < -0.4 is 9.47 Å². The van der Waals surface area contributed by atoms with Crippen LogP contribution >= 0.6 is 0 Å². The minimum absolute atomic E-state index is 0.0197. The summed E-state index contributed by atoms with van der Waals surface area (Å²) >= 11 is 0. The van der Waals surface area contributed by atoms with Gasteiger partial charge in [-0.15, -0.1) is 0 Å². The highest BCUT2D eigenvalue weighted by atomic mass is 16.5. The average molecular weight is 890 g/mol. The molecule has 14 aliphatic rings. The standard InChI is InChI=1S/C53H55N5O8/c1-45(2)19-15-26-30(65-45)13-11-28-35-38-52-29-12-14-31-27(16-20-46(3,4)66-31)37(29)58(64)40(52)48(7,8)32-23-49-17-9-21-54(49)43(61)51(32,25-34(49)59)41(52)56-42(60)50-18-10-22-55(50)44(62)53(38,56)33(24-50)47(5,6)39(35)57(63)36(26)28/h11-16,19-20,32-33,38,41,63H,9-10,17-18,21-25H2,1-8H3/t32?,33?,38-,41?,49?,50?,51?,52?,53+/m0/s1. The van der Waals surface area contributed by atoms with Gasteiger partial charge in [0.15, 0.2) is 11.5 Å². The second-order valence-electron chi connectivity index (χ2n) is 24.5. The first-order valence-corrected chi connectivity index (χ1v) is 24.3. The normalized spacial score (nSPS) is 40.6. The fraction of sp³-hybridized carbons (Fsp3) is 0.566. The molecule has 3 aliphatic carbocycles. The molecule has 3 aromatic rings. The Balaban J connectivity index is 1.16. The van der Waals surface area contributed by atoms with Gasteiger partial charge < -0.3 is 34.6 Å². The van der Waals surface area contributed by atoms with Crippen molar-refractivity contribution in [2.75, 3.05) is 13.1 Å². The van der Waals surface area contributed by atoms with Crippen LogP contribution in [0, 0.1) is 27.9 Å². The molecular formula is C53H55N5O8. The molecule has 17 rings (SSSR count). The number of rotatable bonds is 0. The fourth-order valence-corrected chi connectivity index (χ4v) is 18.5. The zero-order chi connectivity index (χ0) is 45.8. The molecule has 2 saturated carbocycles. The minimum Gasteiger partial charge on any atom is -0.618 e. The predicted molar refractivity (Wildman–Crippen MR) is 242 cm³/mol. The molecule has 66 heavy (non-hydrogen) atoms. The lowest BCUT2D eigenvalue weighted by atomic mass is 9.35. The number of carbonyl (C=O) groups is 4. The van der Waals surface area contributed by atoms with E-state index in [9.17, 15) is 5.21 Å². The molecule has 13 heteroatoms. The number of piperazine rings is 1. The van der Waals surface area contributed by atoms with E-state index in [0.717, 1.165) is 4.74 Å². The number of nitrogens with zero attached hydrogens (tertiary/aromatic N) is 5. The van der Waals surface area contributed by atoms with Gasteiger partial charge in [-0.05, 0) is 140 Å². The zero-order valence-corrected chi connectivity index (χ0v) is 38.8. The Morgan fingerprint density at radius 3 is 2.08 bits per heavy atom. The van der Waals surface area contributed by atoms with Crippen LogP contribution in [0.4, 0.5) is 5.69 Å². The van der Waals surface area contributed by atoms with E-state index < -0.39 is 73.3 Å². The monoisotopic (exact) mass is 889 g/mol. The van der Waals surface area contributed by atoms with Crippen LogP contribution in [-0.4, -0.2) is 106 Å². The van der Waals surface area contributed by atoms with Gasteiger partial charge in [-0.25, -0.2) is 0 Å². The zero-order valence-electron chi connectivity index (χ0n) is 38.8. The number of amides is 3. The Morgan fingerprint density at radius 2 is 1.36 bits per heavy atom. The molecule has 11 aliphatic heterocycles. The summed E-state index contributed by atoms with van der Waals surface area (Å²) in [6.07, 6.45) is 11.0. The average Bonchev–Trinajstić information content (AvgIpc) is 4.05. The lowest BCUT2D eigenvalue weighted by molar-refractivity contribution is -0.367. The maximum absolute atomic E-state index is 16.8. The van der Waals surface area contributed by atoms with E-state index in [1.54, 1.807) is 0 Å². The first kappa shape index (κ1) is 38.5. The molecule has 12 heterocycles. The second-order valence-corrected chi connectivity index (χ2v) is 24.5. The molecule has 9 atom stereocenters. The van der Waals surface area contributed by atoms with Gasteiger partial charge in [-0.2, -0.15) is 9.47 Å². The maximum atomic E-state index is 16.8. The first-order chi connectivity index (χ1) is 31.1. The number of ether oxygens (including phenoxy) is 2. The lowest BCUT2D eigenvalue weighted by Gasteiger charge is -2.70. The van der Waals surface area contributed by atoms with Crippen LogP contribution in [0.5, 0.6) is 11.5 Å². The Kier molecular flexibility index (Phi) is 6.09. The van der Waals surface area contributed by atoms with Gasteiger partial charge in [0, 0.05) is 53.3 Å². The number of piperidine rings is 4. The Bertz CT molecular complexity index is 3130. The third kappa shape index (κ3) is 3.42. The quantitative estimate of drug-likeness (QED) is 0.146. The van der Waals surface area contributed by atoms with Crippen LogP contribution in [0.1, 0.15) is 134 Å². The van der Waals surface area contributed by atoms with Crippen LogP contribution in [0.25, 0.3) is 23.1 Å². The summed E-state index contributed by atoms with van der Waals surface area (Å²) in [6.45, 7) is 17.2. The third-order valence-corrected chi connectivity index (χ3v) is 20.4. The summed E-state index contributed by atoms with van der Waals surface area (Å²) in [5, 5.41) is 30.3. The van der Waals surface area contributed by atoms with Gasteiger partial charge >= 0.3 is 0 Å². The van der Waals surface area contributed by atoms with E-state index in [4.69, 9.17) is 9.47 Å². The Morgan fingerprint density at radius 1 is 0.742 bits per heavy atom. The van der Waals surface area contributed by atoms with Crippen molar-refractivity contribution in [1.82, 2.24) is 19.4 Å². The Hall–Kier alpha value is -5.59. The number of hydrogen-bond donors (Lipinski definition) is 1. The molecule has 10 fully saturated rings. The molecular weight excluding hydrogens is 835 g/mol.